The molecule has 8 amide bonds. The average molecular weight is 1860 g/mol. The molecule has 2 fully saturated rings. The predicted octanol–water partition coefficient (Wildman–Crippen LogP) is 14.4. The van der Waals surface area contributed by atoms with Gasteiger partial charge in [-0.3, -0.25) is 80.5 Å². The van der Waals surface area contributed by atoms with Gasteiger partial charge in [-0.05, 0) is 211 Å². The number of aromatic nitrogens is 16. The number of nitrogens with zero attached hydrogens (tertiary/aromatic N) is 16. The van der Waals surface area contributed by atoms with Crippen LogP contribution in [0, 0.1) is 0 Å². The topological polar surface area (TPSA) is 466 Å². The number of amides is 8. The lowest BCUT2D eigenvalue weighted by atomic mass is 10.00. The zero-order valence-corrected chi connectivity index (χ0v) is 77.8. The highest BCUT2D eigenvalue weighted by molar-refractivity contribution is 6.03. The molecule has 2 aliphatic rings. The zero-order chi connectivity index (χ0) is 96.2. The summed E-state index contributed by atoms with van der Waals surface area (Å²) in [4.78, 5) is 149. The molecule has 0 aliphatic carbocycles. The van der Waals surface area contributed by atoms with Crippen LogP contribution in [0.15, 0.2) is 220 Å². The van der Waals surface area contributed by atoms with Crippen LogP contribution in [0.2, 0.25) is 0 Å². The van der Waals surface area contributed by atoms with Gasteiger partial charge in [0.15, 0.2) is 0 Å². The Bertz CT molecular complexity index is 6460. The van der Waals surface area contributed by atoms with E-state index < -0.39 is 12.2 Å². The van der Waals surface area contributed by atoms with E-state index in [1.807, 2.05) is 182 Å². The van der Waals surface area contributed by atoms with Crippen LogP contribution < -0.4 is 42.5 Å². The van der Waals surface area contributed by atoms with E-state index in [1.54, 1.807) is 69.6 Å². The van der Waals surface area contributed by atoms with Crippen molar-refractivity contribution < 1.29 is 47.7 Å². The van der Waals surface area contributed by atoms with Crippen molar-refractivity contribution in [3.63, 3.8) is 0 Å². The molecule has 16 aromatic rings. The maximum absolute atomic E-state index is 12.9. The van der Waals surface area contributed by atoms with Crippen LogP contribution in [-0.2, 0) is 32.0 Å². The molecule has 0 atom stereocenters. The first kappa shape index (κ1) is 96.3. The van der Waals surface area contributed by atoms with Gasteiger partial charge in [0.2, 0.25) is 23.8 Å². The number of ether oxygens (including phenoxy) is 4. The summed E-state index contributed by atoms with van der Waals surface area (Å²) in [5.74, 6) is 0.943. The first-order valence-electron chi connectivity index (χ1n) is 45.3. The Morgan fingerprint density at radius 1 is 0.362 bits per heavy atom. The van der Waals surface area contributed by atoms with Gasteiger partial charge in [-0.15, -0.1) is 0 Å². The molecule has 14 heterocycles. The summed E-state index contributed by atoms with van der Waals surface area (Å²) in [5, 5.41) is 22.1. The Morgan fingerprint density at radius 2 is 0.717 bits per heavy atom. The largest absolute Gasteiger partial charge is 0.450 e. The lowest BCUT2D eigenvalue weighted by Gasteiger charge is -2.26. The van der Waals surface area contributed by atoms with Gasteiger partial charge in [-0.2, -0.15) is 0 Å². The molecule has 708 valence electrons. The van der Waals surface area contributed by atoms with E-state index >= 15 is 0 Å². The van der Waals surface area contributed by atoms with Crippen LogP contribution >= 0.6 is 0 Å². The number of anilines is 4. The molecule has 12 N–H and O–H groups in total. The van der Waals surface area contributed by atoms with Gasteiger partial charge in [0.1, 0.15) is 0 Å². The van der Waals surface area contributed by atoms with Gasteiger partial charge in [0, 0.05) is 197 Å². The number of carbonyl (C=O) groups excluding carboxylic acids is 6. The summed E-state index contributed by atoms with van der Waals surface area (Å²) in [6.45, 7) is 19.4. The maximum Gasteiger partial charge on any atom is 0.413 e. The van der Waals surface area contributed by atoms with Crippen LogP contribution in [0.3, 0.4) is 0 Å². The highest BCUT2D eigenvalue weighted by atomic mass is 16.6. The second-order valence-electron chi connectivity index (χ2n) is 32.5. The number of nitrogens with one attached hydrogen (secondary N) is 12. The Hall–Kier alpha value is -16.3. The first-order valence-corrected chi connectivity index (χ1v) is 45.3. The number of aromatic amines is 4. The smallest absolute Gasteiger partial charge is 0.413 e. The molecule has 2 saturated heterocycles. The maximum atomic E-state index is 12.9. The van der Waals surface area contributed by atoms with Crippen molar-refractivity contribution in [2.45, 2.75) is 40.8 Å². The molecule has 0 saturated carbocycles. The van der Waals surface area contributed by atoms with E-state index in [-0.39, 0.29) is 43.0 Å². The van der Waals surface area contributed by atoms with E-state index in [4.69, 9.17) is 18.9 Å². The van der Waals surface area contributed by atoms with Crippen molar-refractivity contribution in [3.8, 4) is 89.5 Å². The normalized spacial score (nSPS) is 12.6. The van der Waals surface area contributed by atoms with E-state index in [0.717, 1.165) is 202 Å². The number of morpholine rings is 2. The minimum Gasteiger partial charge on any atom is -0.450 e. The summed E-state index contributed by atoms with van der Waals surface area (Å²) in [7, 11) is 8.13. The Labute approximate surface area is 795 Å². The van der Waals surface area contributed by atoms with Crippen molar-refractivity contribution in [2.75, 3.05) is 155 Å². The van der Waals surface area contributed by atoms with Gasteiger partial charge in [0.25, 0.3) is 11.8 Å². The summed E-state index contributed by atoms with van der Waals surface area (Å²) >= 11 is 0. The Kier molecular flexibility index (Phi) is 32.9. The van der Waals surface area contributed by atoms with Crippen LogP contribution in [-0.4, -0.2) is 269 Å². The fourth-order valence-electron chi connectivity index (χ4n) is 15.5. The van der Waals surface area contributed by atoms with Gasteiger partial charge >= 0.3 is 24.2 Å². The fourth-order valence-corrected chi connectivity index (χ4v) is 15.5. The molecule has 0 bridgehead atoms. The molecular formula is C100H108N28O10. The molecule has 138 heavy (non-hydrogen) atoms. The number of fused-ring (bicyclic) bond motifs is 4. The van der Waals surface area contributed by atoms with E-state index in [9.17, 15) is 28.8 Å². The number of hydrogen-bond acceptors (Lipinski definition) is 26. The SMILES string of the molecule is CCNC(=O)Nc1nc2c(-c3cc(CN(C)C)ccn3)cc(-c3cccnc3)cc2[nH]1.CCNC(=O)Nc1nc2c(-c3ccccn3)cc(-c3cncc(C(=O)NCCN4CCOCC4)c3)cc2[nH]1.CCOC(=O)Nc1nc2c(-c3cc(CN(C)C)ccn3)cc(-c3cccnc3)cc2[nH]1.CCOC(=O)Nc1nc2c(-c3ccccn3)cc(-c3cncc(C(=O)NCCN4CCOCC4)c3)cc2[nH]1. The lowest BCUT2D eigenvalue weighted by molar-refractivity contribution is 0.0382. The van der Waals surface area contributed by atoms with Crippen molar-refractivity contribution >= 4 is 104 Å². The van der Waals surface area contributed by atoms with Crippen molar-refractivity contribution in [1.82, 2.24) is 121 Å². The number of hydrogen-bond donors (Lipinski definition) is 12. The van der Waals surface area contributed by atoms with Crippen LogP contribution in [0.25, 0.3) is 134 Å². The molecule has 12 aromatic heterocycles. The molecule has 38 heteroatoms. The van der Waals surface area contributed by atoms with Crippen LogP contribution in [0.5, 0.6) is 0 Å². The van der Waals surface area contributed by atoms with Crippen LogP contribution in [0.1, 0.15) is 59.5 Å². The summed E-state index contributed by atoms with van der Waals surface area (Å²) < 4.78 is 20.7. The molecule has 2 aliphatic heterocycles. The molecule has 0 unspecified atom stereocenters. The third-order valence-electron chi connectivity index (χ3n) is 21.8. The number of rotatable bonds is 28. The monoisotopic (exact) mass is 1860 g/mol. The zero-order valence-electron chi connectivity index (χ0n) is 77.8. The van der Waals surface area contributed by atoms with Gasteiger partial charge in [0.05, 0.1) is 118 Å². The molecule has 38 nitrogen and oxygen atoms in total. The highest BCUT2D eigenvalue weighted by Crippen LogP contribution is 2.39. The Balaban J connectivity index is 0.000000140. The van der Waals surface area contributed by atoms with Gasteiger partial charge in [-0.1, -0.05) is 24.3 Å². The molecule has 0 spiro atoms. The molecule has 18 rings (SSSR count). The molecule has 4 aromatic carbocycles. The minimum absolute atomic E-state index is 0.173. The van der Waals surface area contributed by atoms with Crippen molar-refractivity contribution in [2.24, 2.45) is 0 Å². The van der Waals surface area contributed by atoms with E-state index in [1.165, 1.54) is 0 Å². The fraction of sp³-hybridized carbons (Fsp3) is 0.260. The number of carbonyl (C=O) groups is 6. The van der Waals surface area contributed by atoms with E-state index in [2.05, 4.69) is 166 Å². The van der Waals surface area contributed by atoms with Crippen molar-refractivity contribution in [3.05, 3.63) is 242 Å². The lowest BCUT2D eigenvalue weighted by Crippen LogP contribution is -2.41. The highest BCUT2D eigenvalue weighted by Gasteiger charge is 2.24. The summed E-state index contributed by atoms with van der Waals surface area (Å²) in [5.41, 5.74) is 22.6. The number of benzene rings is 4. The minimum atomic E-state index is -0.595. The van der Waals surface area contributed by atoms with Gasteiger partial charge in [-0.25, -0.2) is 39.1 Å². The summed E-state index contributed by atoms with van der Waals surface area (Å²) in [6.07, 6.45) is 19.6. The molecular weight excluding hydrogens is 1750 g/mol. The second kappa shape index (κ2) is 47.1. The quantitative estimate of drug-likeness (QED) is 0.0217. The van der Waals surface area contributed by atoms with Crippen molar-refractivity contribution in [1.29, 1.82) is 0 Å². The number of H-pyrrole nitrogens is 4. The third kappa shape index (κ3) is 25.8. The third-order valence-corrected chi connectivity index (χ3v) is 21.8. The number of urea groups is 2. The van der Waals surface area contributed by atoms with E-state index in [0.29, 0.717) is 77.2 Å². The second-order valence-corrected chi connectivity index (χ2v) is 32.5. The molecule has 0 radical (unpaired) electrons. The van der Waals surface area contributed by atoms with Gasteiger partial charge < -0.3 is 70.0 Å². The predicted molar refractivity (Wildman–Crippen MR) is 531 cm³/mol. The first-order chi connectivity index (χ1) is 67.3. The average Bonchev–Trinajstić information content (AvgIpc) is 1.63. The number of pyridine rings is 8. The Morgan fingerprint density at radius 3 is 1.06 bits per heavy atom. The number of imidazole rings is 4. The standard InChI is InChI=1S/C27H30N8O3.C27H29N7O4.C23H25N7O.C23H24N6O2/c1-2-29-27(37)34-26-32-23-15-18(14-21(24(23)33-26)22-5-3-4-6-30-22)19-13-20(17-28-16-19)25(36)31-7-8-35-9-11-38-12-10-35;1-2-38-27(36)33-26-31-23-15-18(14-21(24(23)32-26)22-5-3-4-6-29-22)19-13-20(17-28-16-19)25(35)30-7-8-34-9-11-37-12-10-34;1-4-25-23(31)29-22-27-20-12-17(16-6-5-8-24-13-16)11-18(21(20)28-22)19-10-15(7-9-26-19)14-30(2)3;1-4-31-23(30)28-22-26-20-12-17(16-6-5-8-24-13-16)11-18(21(20)27-22)19-10-15(7-9-25-19)14-29(2)3/h3-6,13-17H,2,7-12H2,1H3,(H,31,36)(H3,29,32,33,34,37);3-6,13-17H,2,7-12H2,1H3,(H,30,35)(H2,31,32,33,36);5-13H,4,14H2,1-3H3,(H3,25,27,28,29,31);5-13H,4,14H2,1-3H3,(H2,26,27,28,30). The van der Waals surface area contributed by atoms with Crippen LogP contribution in [0.4, 0.5) is 43.0 Å². The summed E-state index contributed by atoms with van der Waals surface area (Å²) in [6, 6.07) is 46.1.